The lowest BCUT2D eigenvalue weighted by Gasteiger charge is -2.34. The quantitative estimate of drug-likeness (QED) is 0.775. The van der Waals surface area contributed by atoms with E-state index < -0.39 is 0 Å². The van der Waals surface area contributed by atoms with Crippen LogP contribution >= 0.6 is 0 Å². The number of hydrogen-bond acceptors (Lipinski definition) is 3. The van der Waals surface area contributed by atoms with Gasteiger partial charge in [0.15, 0.2) is 0 Å². The van der Waals surface area contributed by atoms with Crippen molar-refractivity contribution in [2.24, 2.45) is 7.05 Å². The zero-order chi connectivity index (χ0) is 17.5. The van der Waals surface area contributed by atoms with Crippen LogP contribution in [0, 0.1) is 0 Å². The molecule has 0 radical (unpaired) electrons. The van der Waals surface area contributed by atoms with Crippen LogP contribution in [-0.2, 0) is 7.05 Å². The van der Waals surface area contributed by atoms with E-state index in [1.807, 2.05) is 17.9 Å². The van der Waals surface area contributed by atoms with Gasteiger partial charge in [-0.05, 0) is 69.2 Å². The molecule has 5 nitrogen and oxygen atoms in total. The highest BCUT2D eigenvalue weighted by Gasteiger charge is 2.28. The first-order valence-electron chi connectivity index (χ1n) is 9.98. The summed E-state index contributed by atoms with van der Waals surface area (Å²) in [5.41, 5.74) is 4.73. The van der Waals surface area contributed by atoms with Crippen LogP contribution in [0.15, 0.2) is 30.9 Å². The lowest BCUT2D eigenvalue weighted by molar-refractivity contribution is 0.182. The molecule has 1 aliphatic heterocycles. The molecule has 5 heteroatoms. The minimum atomic E-state index is 0.655. The minimum absolute atomic E-state index is 0.655. The standard InChI is InChI=1S/C21H27N5/c1-25-14-17(12-24-25)20-13-23-21-19(20)10-16(11-22-21)15-4-6-18(7-5-15)26-8-2-3-9-26/h10-15,18H,2-9H2,1H3,(H,22,23). The number of likely N-dealkylation sites (tertiary alicyclic amines) is 1. The van der Waals surface area contributed by atoms with E-state index in [1.54, 1.807) is 0 Å². The molecule has 2 aliphatic rings. The van der Waals surface area contributed by atoms with Gasteiger partial charge in [-0.25, -0.2) is 4.98 Å². The summed E-state index contributed by atoms with van der Waals surface area (Å²) in [4.78, 5) is 10.8. The molecular formula is C21H27N5. The zero-order valence-electron chi connectivity index (χ0n) is 15.5. The lowest BCUT2D eigenvalue weighted by atomic mass is 9.81. The number of fused-ring (bicyclic) bond motifs is 1. The SMILES string of the molecule is Cn1cc(-c2c[nH]c3ncc(C4CCC(N5CCCC5)CC4)cc23)cn1. The number of H-pyrrole nitrogens is 1. The summed E-state index contributed by atoms with van der Waals surface area (Å²) in [5, 5.41) is 5.54. The summed E-state index contributed by atoms with van der Waals surface area (Å²) in [5.74, 6) is 0.655. The fourth-order valence-electron chi connectivity index (χ4n) is 4.92. The number of nitrogens with one attached hydrogen (secondary N) is 1. The summed E-state index contributed by atoms with van der Waals surface area (Å²) >= 11 is 0. The van der Waals surface area contributed by atoms with E-state index in [0.29, 0.717) is 5.92 Å². The van der Waals surface area contributed by atoms with E-state index in [0.717, 1.165) is 17.3 Å². The fourth-order valence-corrected chi connectivity index (χ4v) is 4.92. The Morgan fingerprint density at radius 3 is 2.62 bits per heavy atom. The molecule has 0 bridgehead atoms. The number of aromatic nitrogens is 4. The predicted octanol–water partition coefficient (Wildman–Crippen LogP) is 4.09. The minimum Gasteiger partial charge on any atom is -0.346 e. The summed E-state index contributed by atoms with van der Waals surface area (Å²) < 4.78 is 1.85. The molecule has 3 aromatic rings. The van der Waals surface area contributed by atoms with Gasteiger partial charge in [0.1, 0.15) is 5.65 Å². The Morgan fingerprint density at radius 1 is 1.08 bits per heavy atom. The third-order valence-electron chi connectivity index (χ3n) is 6.39. The highest BCUT2D eigenvalue weighted by molar-refractivity contribution is 5.93. The second-order valence-corrected chi connectivity index (χ2v) is 8.02. The van der Waals surface area contributed by atoms with E-state index in [1.165, 1.54) is 68.1 Å². The van der Waals surface area contributed by atoms with Crippen LogP contribution in [0.1, 0.15) is 50.0 Å². The van der Waals surface area contributed by atoms with E-state index in [9.17, 15) is 0 Å². The molecule has 1 saturated carbocycles. The molecule has 3 aromatic heterocycles. The van der Waals surface area contributed by atoms with Crippen LogP contribution in [0.4, 0.5) is 0 Å². The molecule has 26 heavy (non-hydrogen) atoms. The number of pyridine rings is 1. The van der Waals surface area contributed by atoms with E-state index >= 15 is 0 Å². The number of aromatic amines is 1. The summed E-state index contributed by atoms with van der Waals surface area (Å²) in [6.07, 6.45) is 16.2. The van der Waals surface area contributed by atoms with Crippen molar-refractivity contribution in [1.29, 1.82) is 0 Å². The van der Waals surface area contributed by atoms with Gasteiger partial charge in [0.25, 0.3) is 0 Å². The van der Waals surface area contributed by atoms with E-state index in [2.05, 4.69) is 39.6 Å². The van der Waals surface area contributed by atoms with Gasteiger partial charge in [0.05, 0.1) is 6.20 Å². The van der Waals surface area contributed by atoms with Crippen molar-refractivity contribution in [3.63, 3.8) is 0 Å². The van der Waals surface area contributed by atoms with Crippen molar-refractivity contribution in [3.8, 4) is 11.1 Å². The van der Waals surface area contributed by atoms with Gasteiger partial charge in [0.2, 0.25) is 0 Å². The summed E-state index contributed by atoms with van der Waals surface area (Å²) in [6.45, 7) is 2.64. The Balaban J connectivity index is 1.38. The normalized spacial score (nSPS) is 24.5. The molecule has 1 aliphatic carbocycles. The van der Waals surface area contributed by atoms with Gasteiger partial charge in [-0.1, -0.05) is 0 Å². The second kappa shape index (κ2) is 6.54. The van der Waals surface area contributed by atoms with Crippen molar-refractivity contribution in [2.75, 3.05) is 13.1 Å². The number of rotatable bonds is 3. The molecule has 0 atom stereocenters. The van der Waals surface area contributed by atoms with Crippen molar-refractivity contribution in [1.82, 2.24) is 24.6 Å². The molecule has 4 heterocycles. The van der Waals surface area contributed by atoms with Crippen LogP contribution in [-0.4, -0.2) is 43.8 Å². The van der Waals surface area contributed by atoms with Gasteiger partial charge in [-0.15, -0.1) is 0 Å². The molecule has 0 spiro atoms. The maximum absolute atomic E-state index is 4.71. The van der Waals surface area contributed by atoms with Crippen LogP contribution < -0.4 is 0 Å². The third-order valence-corrected chi connectivity index (χ3v) is 6.39. The molecule has 2 fully saturated rings. The smallest absolute Gasteiger partial charge is 0.137 e. The maximum atomic E-state index is 4.71. The maximum Gasteiger partial charge on any atom is 0.137 e. The van der Waals surface area contributed by atoms with Crippen molar-refractivity contribution in [3.05, 3.63) is 36.4 Å². The number of nitrogens with zero attached hydrogens (tertiary/aromatic N) is 4. The van der Waals surface area contributed by atoms with Gasteiger partial charge in [0, 0.05) is 48.2 Å². The average Bonchev–Trinajstić information content (AvgIpc) is 3.42. The average molecular weight is 349 g/mol. The molecule has 5 rings (SSSR count). The highest BCUT2D eigenvalue weighted by atomic mass is 15.2. The second-order valence-electron chi connectivity index (χ2n) is 8.02. The molecule has 0 aromatic carbocycles. The molecular weight excluding hydrogens is 322 g/mol. The Labute approximate surface area is 154 Å². The fraction of sp³-hybridized carbons (Fsp3) is 0.524. The van der Waals surface area contributed by atoms with Crippen molar-refractivity contribution >= 4 is 11.0 Å². The Morgan fingerprint density at radius 2 is 1.88 bits per heavy atom. The van der Waals surface area contributed by atoms with E-state index in [-0.39, 0.29) is 0 Å². The van der Waals surface area contributed by atoms with Crippen LogP contribution in [0.5, 0.6) is 0 Å². The van der Waals surface area contributed by atoms with Crippen LogP contribution in [0.25, 0.3) is 22.2 Å². The zero-order valence-corrected chi connectivity index (χ0v) is 15.5. The highest BCUT2D eigenvalue weighted by Crippen LogP contribution is 2.37. The monoisotopic (exact) mass is 349 g/mol. The van der Waals surface area contributed by atoms with Gasteiger partial charge in [-0.2, -0.15) is 5.10 Å². The molecule has 136 valence electrons. The lowest BCUT2D eigenvalue weighted by Crippen LogP contribution is -2.35. The number of hydrogen-bond donors (Lipinski definition) is 1. The van der Waals surface area contributed by atoms with Gasteiger partial charge in [-0.3, -0.25) is 4.68 Å². The molecule has 1 saturated heterocycles. The Hall–Kier alpha value is -2.14. The first-order chi connectivity index (χ1) is 12.8. The largest absolute Gasteiger partial charge is 0.346 e. The molecule has 1 N–H and O–H groups in total. The van der Waals surface area contributed by atoms with Gasteiger partial charge >= 0.3 is 0 Å². The van der Waals surface area contributed by atoms with Crippen molar-refractivity contribution < 1.29 is 0 Å². The first kappa shape index (κ1) is 16.1. The van der Waals surface area contributed by atoms with E-state index in [4.69, 9.17) is 4.98 Å². The summed E-state index contributed by atoms with van der Waals surface area (Å²) in [6, 6.07) is 3.19. The predicted molar refractivity (Wildman–Crippen MR) is 104 cm³/mol. The number of aryl methyl sites for hydroxylation is 1. The Kier molecular flexibility index (Phi) is 4.04. The molecule has 0 amide bonds. The van der Waals surface area contributed by atoms with Gasteiger partial charge < -0.3 is 9.88 Å². The van der Waals surface area contributed by atoms with Crippen molar-refractivity contribution in [2.45, 2.75) is 50.5 Å². The summed E-state index contributed by atoms with van der Waals surface area (Å²) in [7, 11) is 1.96. The van der Waals surface area contributed by atoms with Crippen LogP contribution in [0.2, 0.25) is 0 Å². The topological polar surface area (TPSA) is 49.7 Å². The Bertz CT molecular complexity index is 894. The third kappa shape index (κ3) is 2.84. The first-order valence-corrected chi connectivity index (χ1v) is 9.98. The van der Waals surface area contributed by atoms with Crippen LogP contribution in [0.3, 0.4) is 0 Å². The molecule has 0 unspecified atom stereocenters.